The minimum Gasteiger partial charge on any atom is -0.332 e. The fourth-order valence-electron chi connectivity index (χ4n) is 8.59. The minimum atomic E-state index is -0.636. The van der Waals surface area contributed by atoms with Crippen LogP contribution < -0.4 is 11.0 Å². The monoisotopic (exact) mass is 795 g/mol. The number of hydrogen-bond acceptors (Lipinski definition) is 7. The van der Waals surface area contributed by atoms with Gasteiger partial charge < -0.3 is 19.7 Å². The highest BCUT2D eigenvalue weighted by Gasteiger charge is 2.30. The largest absolute Gasteiger partial charge is 0.335 e. The molecule has 0 aliphatic carbocycles. The van der Waals surface area contributed by atoms with Crippen LogP contribution in [0.5, 0.6) is 0 Å². The third kappa shape index (κ3) is 7.62. The lowest BCUT2D eigenvalue weighted by atomic mass is 9.91. The van der Waals surface area contributed by atoms with Crippen LogP contribution in [0.15, 0.2) is 102 Å². The van der Waals surface area contributed by atoms with Crippen LogP contribution in [-0.4, -0.2) is 70.5 Å². The van der Waals surface area contributed by atoms with E-state index in [2.05, 4.69) is 41.0 Å². The van der Waals surface area contributed by atoms with Gasteiger partial charge in [0.1, 0.15) is 22.8 Å². The Morgan fingerprint density at radius 1 is 0.932 bits per heavy atom. The third-order valence-corrected chi connectivity index (χ3v) is 11.7. The van der Waals surface area contributed by atoms with Gasteiger partial charge in [0.25, 0.3) is 5.91 Å². The summed E-state index contributed by atoms with van der Waals surface area (Å²) < 4.78 is 34.1. The Morgan fingerprint density at radius 2 is 1.75 bits per heavy atom. The second-order valence-corrected chi connectivity index (χ2v) is 16.9. The topological polar surface area (TPSA) is 106 Å². The highest BCUT2D eigenvalue weighted by atomic mass is 19.1. The van der Waals surface area contributed by atoms with E-state index in [9.17, 15) is 18.4 Å². The average Bonchev–Trinajstić information content (AvgIpc) is 3.71. The van der Waals surface area contributed by atoms with Crippen LogP contribution in [0.1, 0.15) is 73.3 Å². The van der Waals surface area contributed by atoms with Crippen molar-refractivity contribution in [2.24, 2.45) is 5.41 Å². The number of carbonyl (C=O) groups is 1. The lowest BCUT2D eigenvalue weighted by molar-refractivity contribution is 0.0730. The quantitative estimate of drug-likeness (QED) is 0.157. The number of benzene rings is 3. The number of piperidine rings is 1. The highest BCUT2D eigenvalue weighted by molar-refractivity contribution is 5.95. The highest BCUT2D eigenvalue weighted by Crippen LogP contribution is 2.33. The number of fused-ring (bicyclic) bond motifs is 4. The summed E-state index contributed by atoms with van der Waals surface area (Å²) in [7, 11) is 0. The van der Waals surface area contributed by atoms with E-state index in [-0.39, 0.29) is 29.6 Å². The molecule has 2 aliphatic rings. The van der Waals surface area contributed by atoms with Gasteiger partial charge in [-0.25, -0.2) is 23.5 Å². The molecule has 0 spiro atoms. The van der Waals surface area contributed by atoms with Gasteiger partial charge in [0.05, 0.1) is 31.0 Å². The first-order valence-corrected chi connectivity index (χ1v) is 20.3. The van der Waals surface area contributed by atoms with E-state index < -0.39 is 11.6 Å². The maximum Gasteiger partial charge on any atom is 0.335 e. The van der Waals surface area contributed by atoms with Crippen molar-refractivity contribution >= 4 is 39.7 Å². The lowest BCUT2D eigenvalue weighted by Crippen LogP contribution is -2.41. The van der Waals surface area contributed by atoms with E-state index in [1.54, 1.807) is 46.1 Å². The number of aromatic nitrogens is 6. The molecule has 2 aliphatic heterocycles. The van der Waals surface area contributed by atoms with Crippen molar-refractivity contribution in [2.45, 2.75) is 65.6 Å². The van der Waals surface area contributed by atoms with Crippen LogP contribution in [0.3, 0.4) is 0 Å². The fourth-order valence-corrected chi connectivity index (χ4v) is 8.59. The SMILES string of the molecule is CC(C)(C)CCN1CCCC(n2c(=O)n(-c3ccc(C(=O)N4CCc5c(n(Cc6ccc(F)cc6F)c6ncccc56)C4)cc3)c3cnc(Nc4ccccc4)nc32)C1. The fraction of sp³-hybridized carbons (Fsp3) is 0.326. The number of halogens is 2. The van der Waals surface area contributed by atoms with E-state index in [4.69, 9.17) is 4.98 Å². The molecular formula is C46H47F2N9O2. The van der Waals surface area contributed by atoms with E-state index in [0.29, 0.717) is 59.1 Å². The molecule has 3 aromatic carbocycles. The molecular weight excluding hydrogens is 749 g/mol. The summed E-state index contributed by atoms with van der Waals surface area (Å²) in [6, 6.07) is 24.2. The third-order valence-electron chi connectivity index (χ3n) is 11.7. The van der Waals surface area contributed by atoms with Crippen molar-refractivity contribution < 1.29 is 13.6 Å². The van der Waals surface area contributed by atoms with Crippen molar-refractivity contribution in [1.82, 2.24) is 38.5 Å². The number of nitrogens with zero attached hydrogens (tertiary/aromatic N) is 8. The molecule has 1 atom stereocenters. The van der Waals surface area contributed by atoms with Crippen LogP contribution >= 0.6 is 0 Å². The molecule has 7 aromatic rings. The van der Waals surface area contributed by atoms with E-state index in [1.807, 2.05) is 51.6 Å². The van der Waals surface area contributed by atoms with Crippen LogP contribution in [-0.2, 0) is 19.5 Å². The molecule has 11 nitrogen and oxygen atoms in total. The average molecular weight is 796 g/mol. The second kappa shape index (κ2) is 15.5. The first-order chi connectivity index (χ1) is 28.5. The van der Waals surface area contributed by atoms with Gasteiger partial charge in [0.15, 0.2) is 5.65 Å². The Bertz CT molecular complexity index is 2730. The van der Waals surface area contributed by atoms with Gasteiger partial charge in [-0.15, -0.1) is 0 Å². The number of amides is 1. The van der Waals surface area contributed by atoms with Gasteiger partial charge in [0.2, 0.25) is 5.95 Å². The summed E-state index contributed by atoms with van der Waals surface area (Å²) >= 11 is 0. The molecule has 9 rings (SSSR count). The smallest absolute Gasteiger partial charge is 0.332 e. The summed E-state index contributed by atoms with van der Waals surface area (Å²) in [5.74, 6) is -1.02. The molecule has 1 amide bonds. The first-order valence-electron chi connectivity index (χ1n) is 20.3. The number of para-hydroxylation sites is 1. The Balaban J connectivity index is 1.02. The molecule has 1 fully saturated rings. The molecule has 13 heteroatoms. The van der Waals surface area contributed by atoms with Gasteiger partial charge in [-0.3, -0.25) is 13.9 Å². The number of rotatable bonds is 9. The van der Waals surface area contributed by atoms with Crippen LogP contribution in [0.25, 0.3) is 27.9 Å². The molecule has 0 saturated carbocycles. The Kier molecular flexibility index (Phi) is 10.1. The minimum absolute atomic E-state index is 0.0744. The zero-order valence-electron chi connectivity index (χ0n) is 33.5. The van der Waals surface area contributed by atoms with Gasteiger partial charge in [0, 0.05) is 53.2 Å². The molecule has 59 heavy (non-hydrogen) atoms. The standard InChI is InChI=1S/C46H47F2N9O2/c1-46(2,3)20-24-53-22-8-11-35(28-53)57-42-39(26-50-44(52-42)51-33-9-5-4-6-10-33)56(45(57)59)34-17-14-30(15-18-34)43(58)54-23-19-36-37-12-7-21-49-41(37)55(40(36)29-54)27-31-13-16-32(47)25-38(31)48/h4-7,9-10,12-18,21,25-26,35H,8,11,19-20,22-24,27-29H2,1-3H3,(H,50,51,52). The maximum absolute atomic E-state index is 14.9. The van der Waals surface area contributed by atoms with Gasteiger partial charge >= 0.3 is 5.69 Å². The molecule has 6 heterocycles. The van der Waals surface area contributed by atoms with Gasteiger partial charge in [-0.2, -0.15) is 4.98 Å². The molecule has 0 bridgehead atoms. The van der Waals surface area contributed by atoms with Crippen molar-refractivity contribution in [3.63, 3.8) is 0 Å². The normalized spacial score (nSPS) is 16.2. The maximum atomic E-state index is 14.9. The number of carbonyl (C=O) groups excluding carboxylic acids is 1. The number of anilines is 2. The van der Waals surface area contributed by atoms with Crippen molar-refractivity contribution in [1.29, 1.82) is 0 Å². The predicted molar refractivity (Wildman–Crippen MR) is 225 cm³/mol. The molecule has 4 aromatic heterocycles. The van der Waals surface area contributed by atoms with E-state index >= 15 is 0 Å². The predicted octanol–water partition coefficient (Wildman–Crippen LogP) is 8.27. The van der Waals surface area contributed by atoms with Gasteiger partial charge in [-0.05, 0) is 104 Å². The molecule has 1 N–H and O–H groups in total. The Hall–Kier alpha value is -6.21. The number of nitrogens with one attached hydrogen (secondary N) is 1. The molecule has 302 valence electrons. The van der Waals surface area contributed by atoms with Crippen LogP contribution in [0.4, 0.5) is 20.4 Å². The molecule has 1 unspecified atom stereocenters. The summed E-state index contributed by atoms with van der Waals surface area (Å²) in [5.41, 5.74) is 6.06. The first kappa shape index (κ1) is 38.3. The zero-order valence-corrected chi connectivity index (χ0v) is 33.5. The van der Waals surface area contributed by atoms with Crippen molar-refractivity contribution in [3.05, 3.63) is 142 Å². The number of hydrogen-bond donors (Lipinski definition) is 1. The number of likely N-dealkylation sites (tertiary alicyclic amines) is 1. The number of imidazole rings is 1. The summed E-state index contributed by atoms with van der Waals surface area (Å²) in [4.78, 5) is 47.2. The van der Waals surface area contributed by atoms with Crippen LogP contribution in [0, 0.1) is 17.0 Å². The van der Waals surface area contributed by atoms with Crippen molar-refractivity contribution in [2.75, 3.05) is 31.5 Å². The van der Waals surface area contributed by atoms with Crippen molar-refractivity contribution in [3.8, 4) is 5.69 Å². The Labute approximate surface area is 341 Å². The van der Waals surface area contributed by atoms with Gasteiger partial charge in [-0.1, -0.05) is 45.0 Å². The number of pyridine rings is 1. The van der Waals surface area contributed by atoms with E-state index in [0.717, 1.165) is 67.3 Å². The second-order valence-electron chi connectivity index (χ2n) is 16.9. The Morgan fingerprint density at radius 3 is 2.53 bits per heavy atom. The lowest BCUT2D eigenvalue weighted by Gasteiger charge is -2.34. The summed E-state index contributed by atoms with van der Waals surface area (Å²) in [5, 5.41) is 4.25. The molecule has 0 radical (unpaired) electrons. The summed E-state index contributed by atoms with van der Waals surface area (Å²) in [6.45, 7) is 10.4. The molecule has 1 saturated heterocycles. The van der Waals surface area contributed by atoms with Crippen LogP contribution in [0.2, 0.25) is 0 Å². The van der Waals surface area contributed by atoms with E-state index in [1.165, 1.54) is 12.1 Å². The zero-order chi connectivity index (χ0) is 40.8. The summed E-state index contributed by atoms with van der Waals surface area (Å²) in [6.07, 6.45) is 6.89.